The van der Waals surface area contributed by atoms with Crippen molar-refractivity contribution in [1.29, 1.82) is 0 Å². The summed E-state index contributed by atoms with van der Waals surface area (Å²) in [5, 5.41) is 20.4. The molecular formula is C11H16N2O4. The number of aliphatic carboxylic acids is 1. The second-order valence-corrected chi connectivity index (χ2v) is 3.71. The molecule has 6 nitrogen and oxygen atoms in total. The maximum atomic E-state index is 11.8. The number of amides is 1. The van der Waals surface area contributed by atoms with Crippen LogP contribution in [0, 0.1) is 0 Å². The first-order chi connectivity index (χ1) is 7.97. The Morgan fingerprint density at radius 1 is 1.53 bits per heavy atom. The zero-order valence-electron chi connectivity index (χ0n) is 9.75. The fraction of sp³-hybridized carbons (Fsp3) is 0.455. The van der Waals surface area contributed by atoms with Crippen LogP contribution in [-0.4, -0.2) is 38.8 Å². The van der Waals surface area contributed by atoms with Crippen LogP contribution in [-0.2, 0) is 11.3 Å². The molecule has 6 heteroatoms. The summed E-state index contributed by atoms with van der Waals surface area (Å²) in [5.74, 6) is -1.77. The van der Waals surface area contributed by atoms with E-state index in [1.807, 2.05) is 6.92 Å². The van der Waals surface area contributed by atoms with Crippen LogP contribution >= 0.6 is 0 Å². The van der Waals surface area contributed by atoms with Gasteiger partial charge < -0.3 is 20.1 Å². The van der Waals surface area contributed by atoms with E-state index in [1.54, 1.807) is 22.9 Å². The Labute approximate surface area is 98.9 Å². The van der Waals surface area contributed by atoms with Crippen molar-refractivity contribution in [2.45, 2.75) is 32.5 Å². The van der Waals surface area contributed by atoms with Gasteiger partial charge in [0.25, 0.3) is 5.91 Å². The third-order valence-corrected chi connectivity index (χ3v) is 2.44. The zero-order chi connectivity index (χ0) is 13.0. The number of carboxylic acid groups (broad SMARTS) is 1. The number of aromatic nitrogens is 1. The van der Waals surface area contributed by atoms with Gasteiger partial charge in [-0.2, -0.15) is 0 Å². The van der Waals surface area contributed by atoms with Crippen molar-refractivity contribution < 1.29 is 19.8 Å². The maximum absolute atomic E-state index is 11.8. The van der Waals surface area contributed by atoms with Gasteiger partial charge in [-0.15, -0.1) is 0 Å². The molecule has 1 heterocycles. The SMILES string of the molecule is CCn1cccc1C(=O)N[C@H](C(=O)O)[C@@H](C)O. The van der Waals surface area contributed by atoms with Gasteiger partial charge in [0.05, 0.1) is 6.10 Å². The molecule has 0 fully saturated rings. The molecule has 0 aliphatic rings. The molecule has 0 aliphatic carbocycles. The maximum Gasteiger partial charge on any atom is 0.328 e. The van der Waals surface area contributed by atoms with Crippen molar-refractivity contribution >= 4 is 11.9 Å². The number of aliphatic hydroxyl groups excluding tert-OH is 1. The molecule has 3 N–H and O–H groups in total. The molecule has 0 aromatic carbocycles. The lowest BCUT2D eigenvalue weighted by Crippen LogP contribution is -2.48. The van der Waals surface area contributed by atoms with Crippen LogP contribution in [0.25, 0.3) is 0 Å². The quantitative estimate of drug-likeness (QED) is 0.679. The molecule has 94 valence electrons. The molecule has 0 radical (unpaired) electrons. The second kappa shape index (κ2) is 5.49. The van der Waals surface area contributed by atoms with Gasteiger partial charge in [-0.25, -0.2) is 4.79 Å². The third-order valence-electron chi connectivity index (χ3n) is 2.44. The van der Waals surface area contributed by atoms with Crippen LogP contribution in [0.4, 0.5) is 0 Å². The van der Waals surface area contributed by atoms with Crippen molar-refractivity contribution in [1.82, 2.24) is 9.88 Å². The molecular weight excluding hydrogens is 224 g/mol. The predicted octanol–water partition coefficient (Wildman–Crippen LogP) is 0.0718. The molecule has 1 aromatic rings. The van der Waals surface area contributed by atoms with Crippen molar-refractivity contribution in [3.63, 3.8) is 0 Å². The normalized spacial score (nSPS) is 14.1. The number of aliphatic hydroxyl groups is 1. The number of rotatable bonds is 5. The van der Waals surface area contributed by atoms with Gasteiger partial charge in [0.1, 0.15) is 5.69 Å². The lowest BCUT2D eigenvalue weighted by Gasteiger charge is -2.17. The number of carboxylic acids is 1. The molecule has 0 bridgehead atoms. The Morgan fingerprint density at radius 2 is 2.18 bits per heavy atom. The van der Waals surface area contributed by atoms with E-state index >= 15 is 0 Å². The summed E-state index contributed by atoms with van der Waals surface area (Å²) >= 11 is 0. The summed E-state index contributed by atoms with van der Waals surface area (Å²) in [6.07, 6.45) is 0.578. The minimum Gasteiger partial charge on any atom is -0.480 e. The Kier molecular flexibility index (Phi) is 4.28. The van der Waals surface area contributed by atoms with Crippen molar-refractivity contribution in [3.05, 3.63) is 24.0 Å². The van der Waals surface area contributed by atoms with E-state index in [2.05, 4.69) is 5.32 Å². The minimum atomic E-state index is -1.30. The highest BCUT2D eigenvalue weighted by atomic mass is 16.4. The predicted molar refractivity (Wildman–Crippen MR) is 60.7 cm³/mol. The number of nitrogens with zero attached hydrogens (tertiary/aromatic N) is 1. The molecule has 0 saturated heterocycles. The zero-order valence-corrected chi connectivity index (χ0v) is 9.75. The van der Waals surface area contributed by atoms with Crippen LogP contribution < -0.4 is 5.32 Å². The lowest BCUT2D eigenvalue weighted by atomic mass is 10.2. The first-order valence-electron chi connectivity index (χ1n) is 5.34. The van der Waals surface area contributed by atoms with E-state index in [9.17, 15) is 14.7 Å². The van der Waals surface area contributed by atoms with Crippen LogP contribution in [0.3, 0.4) is 0 Å². The summed E-state index contributed by atoms with van der Waals surface area (Å²) in [7, 11) is 0. The summed E-state index contributed by atoms with van der Waals surface area (Å²) in [6, 6.07) is 2.00. The average Bonchev–Trinajstić information content (AvgIpc) is 2.72. The van der Waals surface area contributed by atoms with E-state index in [0.717, 1.165) is 0 Å². The Hall–Kier alpha value is -1.82. The van der Waals surface area contributed by atoms with Crippen molar-refractivity contribution in [2.24, 2.45) is 0 Å². The molecule has 0 saturated carbocycles. The number of hydrogen-bond donors (Lipinski definition) is 3. The molecule has 17 heavy (non-hydrogen) atoms. The summed E-state index contributed by atoms with van der Waals surface area (Å²) in [5.41, 5.74) is 0.374. The highest BCUT2D eigenvalue weighted by Gasteiger charge is 2.26. The highest BCUT2D eigenvalue weighted by Crippen LogP contribution is 2.03. The van der Waals surface area contributed by atoms with Gasteiger partial charge in [-0.1, -0.05) is 0 Å². The number of carbonyl (C=O) groups is 2. The largest absolute Gasteiger partial charge is 0.480 e. The Bertz CT molecular complexity index is 411. The number of aryl methyl sites for hydroxylation is 1. The fourth-order valence-electron chi connectivity index (χ4n) is 1.50. The molecule has 1 aromatic heterocycles. The van der Waals surface area contributed by atoms with Gasteiger partial charge >= 0.3 is 5.97 Å². The van der Waals surface area contributed by atoms with E-state index in [0.29, 0.717) is 12.2 Å². The van der Waals surface area contributed by atoms with E-state index in [4.69, 9.17) is 5.11 Å². The Morgan fingerprint density at radius 3 is 2.65 bits per heavy atom. The van der Waals surface area contributed by atoms with Gasteiger partial charge in [-0.3, -0.25) is 4.79 Å². The molecule has 0 unspecified atom stereocenters. The van der Waals surface area contributed by atoms with E-state index in [-0.39, 0.29) is 0 Å². The summed E-state index contributed by atoms with van der Waals surface area (Å²) in [6.45, 7) is 3.81. The standard InChI is InChI=1S/C11H16N2O4/c1-3-13-6-4-5-8(13)10(15)12-9(7(2)14)11(16)17/h4-7,9,14H,3H2,1-2H3,(H,12,15)(H,16,17)/t7-,9+/m1/s1. The highest BCUT2D eigenvalue weighted by molar-refractivity contribution is 5.95. The molecule has 0 spiro atoms. The number of nitrogens with one attached hydrogen (secondary N) is 1. The Balaban J connectivity index is 2.81. The van der Waals surface area contributed by atoms with Crippen molar-refractivity contribution in [3.8, 4) is 0 Å². The molecule has 0 aliphatic heterocycles. The molecule has 1 amide bonds. The van der Waals surface area contributed by atoms with Crippen LogP contribution in [0.15, 0.2) is 18.3 Å². The van der Waals surface area contributed by atoms with Crippen molar-refractivity contribution in [2.75, 3.05) is 0 Å². The topological polar surface area (TPSA) is 91.6 Å². The second-order valence-electron chi connectivity index (χ2n) is 3.71. The van der Waals surface area contributed by atoms with Crippen LogP contribution in [0.1, 0.15) is 24.3 Å². The van der Waals surface area contributed by atoms with E-state index in [1.165, 1.54) is 6.92 Å². The van der Waals surface area contributed by atoms with Gasteiger partial charge in [-0.05, 0) is 26.0 Å². The van der Waals surface area contributed by atoms with Crippen LogP contribution in [0.2, 0.25) is 0 Å². The average molecular weight is 240 g/mol. The van der Waals surface area contributed by atoms with Gasteiger partial charge in [0.15, 0.2) is 6.04 Å². The lowest BCUT2D eigenvalue weighted by molar-refractivity contribution is -0.141. The number of hydrogen-bond acceptors (Lipinski definition) is 3. The molecule has 2 atom stereocenters. The number of carbonyl (C=O) groups excluding carboxylic acids is 1. The van der Waals surface area contributed by atoms with Crippen LogP contribution in [0.5, 0.6) is 0 Å². The van der Waals surface area contributed by atoms with Gasteiger partial charge in [0, 0.05) is 12.7 Å². The fourth-order valence-corrected chi connectivity index (χ4v) is 1.50. The first kappa shape index (κ1) is 13.2. The minimum absolute atomic E-state index is 0.374. The molecule has 1 rings (SSSR count). The summed E-state index contributed by atoms with van der Waals surface area (Å²) < 4.78 is 1.69. The summed E-state index contributed by atoms with van der Waals surface area (Å²) in [4.78, 5) is 22.6. The smallest absolute Gasteiger partial charge is 0.328 e. The first-order valence-corrected chi connectivity index (χ1v) is 5.34. The van der Waals surface area contributed by atoms with E-state index < -0.39 is 24.0 Å². The third kappa shape index (κ3) is 3.07. The van der Waals surface area contributed by atoms with Gasteiger partial charge in [0.2, 0.25) is 0 Å². The monoisotopic (exact) mass is 240 g/mol.